The molecule has 0 spiro atoms. The summed E-state index contributed by atoms with van der Waals surface area (Å²) in [5, 5.41) is 0.814. The van der Waals surface area contributed by atoms with Crippen LogP contribution in [0.3, 0.4) is 0 Å². The first-order valence-electron chi connectivity index (χ1n) is 11.1. The summed E-state index contributed by atoms with van der Waals surface area (Å²) in [6.07, 6.45) is 2.72. The smallest absolute Gasteiger partial charge is 0.409 e. The number of hydrogen-bond donors (Lipinski definition) is 0. The van der Waals surface area contributed by atoms with Crippen LogP contribution >= 0.6 is 0 Å². The minimum Gasteiger partial charge on any atom is -0.477 e. The van der Waals surface area contributed by atoms with Gasteiger partial charge in [-0.15, -0.1) is 0 Å². The van der Waals surface area contributed by atoms with E-state index in [1.165, 1.54) is 12.8 Å². The Kier molecular flexibility index (Phi) is 6.53. The highest BCUT2D eigenvalue weighted by Crippen LogP contribution is 2.31. The average Bonchev–Trinajstić information content (AvgIpc) is 3.61. The van der Waals surface area contributed by atoms with Gasteiger partial charge in [-0.2, -0.15) is 4.98 Å². The maximum Gasteiger partial charge on any atom is 0.409 e. The summed E-state index contributed by atoms with van der Waals surface area (Å²) >= 11 is 0. The molecule has 1 aromatic carbocycles. The van der Waals surface area contributed by atoms with E-state index >= 15 is 0 Å². The first-order chi connectivity index (χ1) is 15.0. The molecule has 8 nitrogen and oxygen atoms in total. The standard InChI is InChI=1S/C23H30N4O4/c1-16(2)14-31-23(29)27-11-5-10-26(12-13-27)22(28)20-24-19-7-4-3-6-18(19)21(25-20)30-15-17-8-9-17/h3-4,6-7,16-17H,5,8-15H2,1-2H3. The fraction of sp³-hybridized carbons (Fsp3) is 0.565. The molecule has 0 atom stereocenters. The number of fused-ring (bicyclic) bond motifs is 1. The van der Waals surface area contributed by atoms with Gasteiger partial charge in [0, 0.05) is 26.2 Å². The highest BCUT2D eigenvalue weighted by molar-refractivity contribution is 5.94. The summed E-state index contributed by atoms with van der Waals surface area (Å²) in [6, 6.07) is 7.59. The molecule has 31 heavy (non-hydrogen) atoms. The third kappa shape index (κ3) is 5.42. The molecule has 4 rings (SSSR count). The summed E-state index contributed by atoms with van der Waals surface area (Å²) in [7, 11) is 0. The fourth-order valence-corrected chi connectivity index (χ4v) is 3.51. The Morgan fingerprint density at radius 1 is 1.06 bits per heavy atom. The Morgan fingerprint density at radius 2 is 1.81 bits per heavy atom. The molecule has 2 amide bonds. The molecule has 1 aliphatic carbocycles. The SMILES string of the molecule is CC(C)COC(=O)N1CCCN(C(=O)c2nc(OCC3CC3)c3ccccc3n2)CC1. The van der Waals surface area contributed by atoms with Crippen LogP contribution in [0.25, 0.3) is 10.9 Å². The van der Waals surface area contributed by atoms with Crippen LogP contribution in [0.15, 0.2) is 24.3 Å². The van der Waals surface area contributed by atoms with Crippen molar-refractivity contribution in [3.8, 4) is 5.88 Å². The minimum atomic E-state index is -0.319. The lowest BCUT2D eigenvalue weighted by atomic mass is 10.2. The summed E-state index contributed by atoms with van der Waals surface area (Å²) in [4.78, 5) is 37.8. The molecular weight excluding hydrogens is 396 g/mol. The Morgan fingerprint density at radius 3 is 2.58 bits per heavy atom. The topological polar surface area (TPSA) is 84.9 Å². The largest absolute Gasteiger partial charge is 0.477 e. The maximum absolute atomic E-state index is 13.2. The molecule has 1 saturated carbocycles. The highest BCUT2D eigenvalue weighted by atomic mass is 16.6. The van der Waals surface area contributed by atoms with Crippen LogP contribution in [0.4, 0.5) is 4.79 Å². The van der Waals surface area contributed by atoms with Crippen LogP contribution in [-0.4, -0.2) is 71.2 Å². The molecule has 2 heterocycles. The van der Waals surface area contributed by atoms with Crippen LogP contribution in [0.5, 0.6) is 5.88 Å². The predicted octanol–water partition coefficient (Wildman–Crippen LogP) is 3.36. The summed E-state index contributed by atoms with van der Waals surface area (Å²) in [5.41, 5.74) is 0.695. The Balaban J connectivity index is 1.46. The van der Waals surface area contributed by atoms with Crippen molar-refractivity contribution in [1.29, 1.82) is 0 Å². The van der Waals surface area contributed by atoms with E-state index < -0.39 is 0 Å². The molecule has 8 heteroatoms. The Labute approximate surface area is 182 Å². The predicted molar refractivity (Wildman–Crippen MR) is 116 cm³/mol. The van der Waals surface area contributed by atoms with Crippen molar-refractivity contribution >= 4 is 22.9 Å². The normalized spacial score (nSPS) is 17.0. The Bertz CT molecular complexity index is 944. The zero-order valence-electron chi connectivity index (χ0n) is 18.2. The van der Waals surface area contributed by atoms with E-state index in [1.807, 2.05) is 38.1 Å². The first kappa shape index (κ1) is 21.3. The molecule has 0 bridgehead atoms. The zero-order valence-corrected chi connectivity index (χ0v) is 18.2. The number of nitrogens with zero attached hydrogens (tertiary/aromatic N) is 4. The molecule has 2 aromatic rings. The van der Waals surface area contributed by atoms with E-state index in [2.05, 4.69) is 9.97 Å². The number of benzene rings is 1. The second kappa shape index (κ2) is 9.49. The molecular formula is C23H30N4O4. The van der Waals surface area contributed by atoms with Crippen LogP contribution < -0.4 is 4.74 Å². The molecule has 0 N–H and O–H groups in total. The van der Waals surface area contributed by atoms with E-state index in [-0.39, 0.29) is 23.7 Å². The minimum absolute atomic E-state index is 0.139. The molecule has 1 aliphatic heterocycles. The number of aromatic nitrogens is 2. The second-order valence-corrected chi connectivity index (χ2v) is 8.73. The van der Waals surface area contributed by atoms with Gasteiger partial charge in [0.1, 0.15) is 0 Å². The quantitative estimate of drug-likeness (QED) is 0.704. The van der Waals surface area contributed by atoms with Crippen molar-refractivity contribution in [2.75, 3.05) is 39.4 Å². The van der Waals surface area contributed by atoms with E-state index in [4.69, 9.17) is 9.47 Å². The van der Waals surface area contributed by atoms with Crippen molar-refractivity contribution in [2.45, 2.75) is 33.1 Å². The van der Waals surface area contributed by atoms with Crippen molar-refractivity contribution in [1.82, 2.24) is 19.8 Å². The van der Waals surface area contributed by atoms with Gasteiger partial charge in [-0.1, -0.05) is 26.0 Å². The van der Waals surface area contributed by atoms with Crippen molar-refractivity contribution in [3.05, 3.63) is 30.1 Å². The van der Waals surface area contributed by atoms with Gasteiger partial charge < -0.3 is 19.3 Å². The molecule has 1 aromatic heterocycles. The number of amides is 2. The van der Waals surface area contributed by atoms with Gasteiger partial charge in [0.05, 0.1) is 24.1 Å². The van der Waals surface area contributed by atoms with Gasteiger partial charge in [-0.05, 0) is 43.2 Å². The van der Waals surface area contributed by atoms with Crippen LogP contribution in [0.2, 0.25) is 0 Å². The summed E-state index contributed by atoms with van der Waals surface area (Å²) in [6.45, 7) is 6.98. The van der Waals surface area contributed by atoms with E-state index in [0.29, 0.717) is 63.1 Å². The van der Waals surface area contributed by atoms with E-state index in [9.17, 15) is 9.59 Å². The summed E-state index contributed by atoms with van der Waals surface area (Å²) < 4.78 is 11.3. The van der Waals surface area contributed by atoms with E-state index in [1.54, 1.807) is 9.80 Å². The number of carbonyl (C=O) groups is 2. The van der Waals surface area contributed by atoms with Gasteiger partial charge >= 0.3 is 6.09 Å². The number of hydrogen-bond acceptors (Lipinski definition) is 6. The van der Waals surface area contributed by atoms with Crippen molar-refractivity contribution in [3.63, 3.8) is 0 Å². The van der Waals surface area contributed by atoms with Gasteiger partial charge in [-0.3, -0.25) is 4.79 Å². The van der Waals surface area contributed by atoms with Crippen LogP contribution in [0, 0.1) is 11.8 Å². The number of ether oxygens (including phenoxy) is 2. The first-order valence-corrected chi connectivity index (χ1v) is 11.1. The van der Waals surface area contributed by atoms with Crippen LogP contribution in [-0.2, 0) is 4.74 Å². The van der Waals surface area contributed by atoms with Crippen molar-refractivity contribution < 1.29 is 19.1 Å². The third-order valence-corrected chi connectivity index (χ3v) is 5.49. The average molecular weight is 427 g/mol. The zero-order chi connectivity index (χ0) is 21.8. The van der Waals surface area contributed by atoms with Crippen LogP contribution in [0.1, 0.15) is 43.7 Å². The van der Waals surface area contributed by atoms with Crippen molar-refractivity contribution in [2.24, 2.45) is 11.8 Å². The monoisotopic (exact) mass is 426 g/mol. The highest BCUT2D eigenvalue weighted by Gasteiger charge is 2.27. The maximum atomic E-state index is 13.2. The molecule has 0 radical (unpaired) electrons. The van der Waals surface area contributed by atoms with Gasteiger partial charge in [0.25, 0.3) is 5.91 Å². The Hall–Kier alpha value is -2.90. The van der Waals surface area contributed by atoms with Gasteiger partial charge in [0.2, 0.25) is 11.7 Å². The lowest BCUT2D eigenvalue weighted by Gasteiger charge is -2.22. The third-order valence-electron chi connectivity index (χ3n) is 5.49. The number of carbonyl (C=O) groups excluding carboxylic acids is 2. The molecule has 0 unspecified atom stereocenters. The molecule has 2 aliphatic rings. The molecule has 166 valence electrons. The van der Waals surface area contributed by atoms with Gasteiger partial charge in [0.15, 0.2) is 0 Å². The van der Waals surface area contributed by atoms with Gasteiger partial charge in [-0.25, -0.2) is 9.78 Å². The number of para-hydroxylation sites is 1. The lowest BCUT2D eigenvalue weighted by Crippen LogP contribution is -2.38. The lowest BCUT2D eigenvalue weighted by molar-refractivity contribution is 0.0734. The molecule has 2 fully saturated rings. The fourth-order valence-electron chi connectivity index (χ4n) is 3.51. The van der Waals surface area contributed by atoms with E-state index in [0.717, 1.165) is 5.39 Å². The molecule has 1 saturated heterocycles. The second-order valence-electron chi connectivity index (χ2n) is 8.73. The summed E-state index contributed by atoms with van der Waals surface area (Å²) in [5.74, 6) is 1.24. The number of rotatable bonds is 6.